The molecule has 22 heavy (non-hydrogen) atoms. The highest BCUT2D eigenvalue weighted by Gasteiger charge is 2.24. The van der Waals surface area contributed by atoms with Gasteiger partial charge in [-0.1, -0.05) is 36.0 Å². The molecule has 0 amide bonds. The van der Waals surface area contributed by atoms with Crippen molar-refractivity contribution in [2.24, 2.45) is 0 Å². The second-order valence-corrected chi connectivity index (χ2v) is 6.19. The Morgan fingerprint density at radius 2 is 1.95 bits per heavy atom. The van der Waals surface area contributed by atoms with Crippen molar-refractivity contribution >= 4 is 34.4 Å². The second kappa shape index (κ2) is 5.46. The van der Waals surface area contributed by atoms with Crippen LogP contribution in [0.15, 0.2) is 64.8 Å². The van der Waals surface area contributed by atoms with Crippen LogP contribution in [0.4, 0.5) is 5.69 Å². The highest BCUT2D eigenvalue weighted by Crippen LogP contribution is 2.46. The number of nitrogens with zero attached hydrogens (tertiary/aromatic N) is 2. The van der Waals surface area contributed by atoms with Crippen LogP contribution in [0.3, 0.4) is 0 Å². The fourth-order valence-corrected chi connectivity index (χ4v) is 3.95. The third-order valence-electron chi connectivity index (χ3n) is 3.84. The van der Waals surface area contributed by atoms with E-state index >= 15 is 0 Å². The van der Waals surface area contributed by atoms with E-state index in [1.165, 1.54) is 15.6 Å². The average molecular weight is 306 g/mol. The predicted molar refractivity (Wildman–Crippen MR) is 91.6 cm³/mol. The average Bonchev–Trinajstić information content (AvgIpc) is 2.92. The lowest BCUT2D eigenvalue weighted by atomic mass is 10.2. The standard InChI is InChI=1S/C18H15N3S/c1-2-21-16-9-5-6-10-17(16)22-18(21)11-15-13-7-3-4-8-14(13)19-12-20-15/h3-12H,2H2,1H3/p+1. The summed E-state index contributed by atoms with van der Waals surface area (Å²) in [5, 5.41) is 2.37. The minimum Gasteiger partial charge on any atom is -0.335 e. The van der Waals surface area contributed by atoms with Crippen LogP contribution in [0.5, 0.6) is 0 Å². The van der Waals surface area contributed by atoms with E-state index in [-0.39, 0.29) is 0 Å². The number of rotatable bonds is 2. The lowest BCUT2D eigenvalue weighted by Crippen LogP contribution is -2.16. The van der Waals surface area contributed by atoms with Crippen molar-refractivity contribution in [2.45, 2.75) is 11.8 Å². The lowest BCUT2D eigenvalue weighted by Gasteiger charge is -2.17. The third kappa shape index (κ3) is 2.16. The van der Waals surface area contributed by atoms with Crippen LogP contribution in [0.1, 0.15) is 12.6 Å². The summed E-state index contributed by atoms with van der Waals surface area (Å²) in [6.45, 7) is 3.13. The zero-order valence-electron chi connectivity index (χ0n) is 12.3. The summed E-state index contributed by atoms with van der Waals surface area (Å²) in [7, 11) is 0. The molecule has 0 aliphatic carbocycles. The molecule has 3 aromatic rings. The quantitative estimate of drug-likeness (QED) is 0.717. The smallest absolute Gasteiger partial charge is 0.285 e. The van der Waals surface area contributed by atoms with Crippen molar-refractivity contribution in [3.05, 3.63) is 65.6 Å². The normalized spacial score (nSPS) is 15.5. The Labute approximate surface area is 133 Å². The Morgan fingerprint density at radius 3 is 2.86 bits per heavy atom. The maximum atomic E-state index is 4.53. The Hall–Kier alpha value is -2.33. The number of benzene rings is 2. The number of H-pyrrole nitrogens is 1. The molecule has 0 radical (unpaired) electrons. The summed E-state index contributed by atoms with van der Waals surface area (Å²) in [5.41, 5.74) is 3.39. The van der Waals surface area contributed by atoms with E-state index in [0.717, 1.165) is 23.1 Å². The fourth-order valence-electron chi connectivity index (χ4n) is 2.79. The molecular formula is C18H16N3S+. The summed E-state index contributed by atoms with van der Waals surface area (Å²) in [6, 6.07) is 16.8. The Kier molecular flexibility index (Phi) is 3.31. The summed E-state index contributed by atoms with van der Waals surface area (Å²) >= 11 is 1.81. The molecule has 4 heteroatoms. The van der Waals surface area contributed by atoms with E-state index in [0.29, 0.717) is 0 Å². The van der Waals surface area contributed by atoms with Crippen LogP contribution < -0.4 is 9.88 Å². The van der Waals surface area contributed by atoms with Gasteiger partial charge in [0, 0.05) is 17.5 Å². The number of hydrogen-bond donors (Lipinski definition) is 0. The molecule has 1 aliphatic heterocycles. The van der Waals surface area contributed by atoms with Gasteiger partial charge in [-0.05, 0) is 36.2 Å². The van der Waals surface area contributed by atoms with Gasteiger partial charge in [-0.15, -0.1) is 0 Å². The van der Waals surface area contributed by atoms with Crippen molar-refractivity contribution in [3.63, 3.8) is 0 Å². The van der Waals surface area contributed by atoms with Crippen molar-refractivity contribution in [1.82, 2.24) is 4.98 Å². The molecule has 0 saturated carbocycles. The highest BCUT2D eigenvalue weighted by atomic mass is 32.2. The van der Waals surface area contributed by atoms with Gasteiger partial charge < -0.3 is 4.90 Å². The molecule has 0 unspecified atom stereocenters. The first-order valence-electron chi connectivity index (χ1n) is 7.38. The van der Waals surface area contributed by atoms with E-state index in [9.17, 15) is 0 Å². The first kappa shape index (κ1) is 13.3. The maximum Gasteiger partial charge on any atom is 0.285 e. The molecule has 4 rings (SSSR count). The van der Waals surface area contributed by atoms with Crippen LogP contribution in [0.2, 0.25) is 0 Å². The first-order valence-corrected chi connectivity index (χ1v) is 8.20. The molecule has 0 fully saturated rings. The van der Waals surface area contributed by atoms with Crippen LogP contribution in [0.25, 0.3) is 17.0 Å². The maximum absolute atomic E-state index is 4.53. The molecule has 2 heterocycles. The van der Waals surface area contributed by atoms with E-state index in [1.54, 1.807) is 6.33 Å². The van der Waals surface area contributed by atoms with Crippen molar-refractivity contribution in [1.29, 1.82) is 0 Å². The number of fused-ring (bicyclic) bond motifs is 2. The van der Waals surface area contributed by atoms with E-state index in [1.807, 2.05) is 23.9 Å². The number of hydrogen-bond acceptors (Lipinski definition) is 3. The van der Waals surface area contributed by atoms with Gasteiger partial charge in [0.1, 0.15) is 5.52 Å². The molecule has 1 aliphatic rings. The molecule has 0 bridgehead atoms. The monoisotopic (exact) mass is 306 g/mol. The molecule has 1 aromatic heterocycles. The molecule has 2 aromatic carbocycles. The molecule has 1 N–H and O–H groups in total. The SMILES string of the molecule is CCN1C(=Cc2nc[nH+]c3ccccc23)Sc2ccccc21. The first-order chi connectivity index (χ1) is 10.9. The lowest BCUT2D eigenvalue weighted by molar-refractivity contribution is -0.349. The van der Waals surface area contributed by atoms with Crippen LogP contribution in [-0.4, -0.2) is 11.5 Å². The van der Waals surface area contributed by atoms with Gasteiger partial charge in [-0.3, -0.25) is 0 Å². The van der Waals surface area contributed by atoms with Gasteiger partial charge in [0.05, 0.1) is 16.1 Å². The number of nitrogens with one attached hydrogen (secondary N) is 1. The molecule has 0 atom stereocenters. The number of aromatic nitrogens is 2. The van der Waals surface area contributed by atoms with Gasteiger partial charge in [0.25, 0.3) is 6.33 Å². The summed E-state index contributed by atoms with van der Waals surface area (Å²) < 4.78 is 0. The van der Waals surface area contributed by atoms with E-state index in [2.05, 4.69) is 64.3 Å². The highest BCUT2D eigenvalue weighted by molar-refractivity contribution is 8.03. The zero-order chi connectivity index (χ0) is 14.9. The van der Waals surface area contributed by atoms with Crippen molar-refractivity contribution in [3.8, 4) is 0 Å². The van der Waals surface area contributed by atoms with Gasteiger partial charge in [-0.25, -0.2) is 4.98 Å². The topological polar surface area (TPSA) is 30.3 Å². The minimum absolute atomic E-state index is 0.951. The molecule has 0 saturated heterocycles. The molecule has 108 valence electrons. The predicted octanol–water partition coefficient (Wildman–Crippen LogP) is 3.98. The van der Waals surface area contributed by atoms with Gasteiger partial charge >= 0.3 is 0 Å². The molecule has 3 nitrogen and oxygen atoms in total. The van der Waals surface area contributed by atoms with E-state index in [4.69, 9.17) is 0 Å². The zero-order valence-corrected chi connectivity index (χ0v) is 13.1. The van der Waals surface area contributed by atoms with Crippen molar-refractivity contribution in [2.75, 3.05) is 11.4 Å². The third-order valence-corrected chi connectivity index (χ3v) is 4.95. The number of aromatic amines is 1. The van der Waals surface area contributed by atoms with E-state index < -0.39 is 0 Å². The Morgan fingerprint density at radius 1 is 1.14 bits per heavy atom. The largest absolute Gasteiger partial charge is 0.335 e. The molecule has 0 spiro atoms. The number of anilines is 1. The summed E-state index contributed by atoms with van der Waals surface area (Å²) in [4.78, 5) is 11.4. The minimum atomic E-state index is 0.951. The Bertz CT molecular complexity index is 868. The van der Waals surface area contributed by atoms with Crippen LogP contribution >= 0.6 is 11.8 Å². The van der Waals surface area contributed by atoms with Crippen molar-refractivity contribution < 1.29 is 4.98 Å². The van der Waals surface area contributed by atoms with Crippen LogP contribution in [0, 0.1) is 0 Å². The van der Waals surface area contributed by atoms with Gasteiger partial charge in [0.2, 0.25) is 0 Å². The summed E-state index contributed by atoms with van der Waals surface area (Å²) in [6.07, 6.45) is 3.95. The van der Waals surface area contributed by atoms with Gasteiger partial charge in [0.15, 0.2) is 5.69 Å². The van der Waals surface area contributed by atoms with Crippen LogP contribution in [-0.2, 0) is 0 Å². The summed E-state index contributed by atoms with van der Waals surface area (Å²) in [5.74, 6) is 0. The number of thioether (sulfide) groups is 1. The van der Waals surface area contributed by atoms with Gasteiger partial charge in [-0.2, -0.15) is 0 Å². The second-order valence-electron chi connectivity index (χ2n) is 5.13. The fraction of sp³-hybridized carbons (Fsp3) is 0.111. The molecular weight excluding hydrogens is 290 g/mol. The Balaban J connectivity index is 1.83. The number of para-hydroxylation sites is 2.